The van der Waals surface area contributed by atoms with Gasteiger partial charge in [0.05, 0.1) is 16.9 Å². The predicted octanol–water partition coefficient (Wildman–Crippen LogP) is 2.97. The van der Waals surface area contributed by atoms with Gasteiger partial charge in [-0.25, -0.2) is 14.4 Å². The van der Waals surface area contributed by atoms with E-state index in [1.54, 1.807) is 24.5 Å². The standard InChI is InChI=1S/C15H17BFN3O2/c1-14(2)15(3,4)22-16(21-14)12(17)9-10-5-6-11-13(20-10)19-8-7-18-11/h5-9H,1-4H3. The molecule has 0 bridgehead atoms. The lowest BCUT2D eigenvalue weighted by atomic mass is 9.87. The molecule has 2 aromatic heterocycles. The van der Waals surface area contributed by atoms with E-state index in [9.17, 15) is 4.39 Å². The van der Waals surface area contributed by atoms with Crippen LogP contribution in [0.1, 0.15) is 33.4 Å². The maximum Gasteiger partial charge on any atom is 0.525 e. The van der Waals surface area contributed by atoms with Crippen molar-refractivity contribution in [1.82, 2.24) is 15.0 Å². The molecule has 0 spiro atoms. The lowest BCUT2D eigenvalue weighted by Crippen LogP contribution is -2.41. The fraction of sp³-hybridized carbons (Fsp3) is 0.400. The van der Waals surface area contributed by atoms with Crippen molar-refractivity contribution in [3.63, 3.8) is 0 Å². The van der Waals surface area contributed by atoms with E-state index in [-0.39, 0.29) is 0 Å². The van der Waals surface area contributed by atoms with Crippen molar-refractivity contribution >= 4 is 24.4 Å². The summed E-state index contributed by atoms with van der Waals surface area (Å²) in [6.07, 6.45) is 4.44. The predicted molar refractivity (Wildman–Crippen MR) is 82.5 cm³/mol. The summed E-state index contributed by atoms with van der Waals surface area (Å²) in [5, 5.41) is 0. The van der Waals surface area contributed by atoms with E-state index in [0.717, 1.165) is 0 Å². The van der Waals surface area contributed by atoms with Gasteiger partial charge < -0.3 is 9.31 Å². The van der Waals surface area contributed by atoms with Crippen LogP contribution in [-0.2, 0) is 9.31 Å². The Morgan fingerprint density at radius 3 is 2.41 bits per heavy atom. The first-order valence-electron chi connectivity index (χ1n) is 7.09. The van der Waals surface area contributed by atoms with Crippen LogP contribution in [0.15, 0.2) is 30.3 Å². The van der Waals surface area contributed by atoms with Gasteiger partial charge in [-0.1, -0.05) is 0 Å². The first-order chi connectivity index (χ1) is 10.3. The van der Waals surface area contributed by atoms with Crippen molar-refractivity contribution in [2.24, 2.45) is 0 Å². The maximum absolute atomic E-state index is 14.4. The van der Waals surface area contributed by atoms with Gasteiger partial charge >= 0.3 is 7.12 Å². The molecule has 5 nitrogen and oxygen atoms in total. The Morgan fingerprint density at radius 2 is 1.73 bits per heavy atom. The topological polar surface area (TPSA) is 57.1 Å². The second kappa shape index (κ2) is 5.10. The van der Waals surface area contributed by atoms with Gasteiger partial charge in [-0.15, -0.1) is 0 Å². The molecule has 0 aromatic carbocycles. The number of aromatic nitrogens is 3. The second-order valence-corrected chi connectivity index (χ2v) is 6.25. The highest BCUT2D eigenvalue weighted by molar-refractivity contribution is 6.54. The molecule has 0 amide bonds. The monoisotopic (exact) mass is 301 g/mol. The number of pyridine rings is 1. The van der Waals surface area contributed by atoms with Crippen LogP contribution >= 0.6 is 0 Å². The van der Waals surface area contributed by atoms with Gasteiger partial charge in [0.2, 0.25) is 0 Å². The molecule has 1 aliphatic heterocycles. The highest BCUT2D eigenvalue weighted by atomic mass is 19.1. The number of rotatable bonds is 2. The van der Waals surface area contributed by atoms with Gasteiger partial charge in [-0.3, -0.25) is 4.98 Å². The van der Waals surface area contributed by atoms with E-state index in [4.69, 9.17) is 9.31 Å². The summed E-state index contributed by atoms with van der Waals surface area (Å²) < 4.78 is 25.7. The van der Waals surface area contributed by atoms with E-state index in [1.807, 2.05) is 27.7 Å². The zero-order valence-corrected chi connectivity index (χ0v) is 13.0. The molecule has 0 atom stereocenters. The largest absolute Gasteiger partial charge is 0.525 e. The molecule has 114 valence electrons. The van der Waals surface area contributed by atoms with E-state index in [0.29, 0.717) is 16.9 Å². The summed E-state index contributed by atoms with van der Waals surface area (Å²) in [4.78, 5) is 12.5. The Kier molecular flexibility index (Phi) is 3.49. The van der Waals surface area contributed by atoms with Crippen molar-refractivity contribution < 1.29 is 13.7 Å². The van der Waals surface area contributed by atoms with E-state index >= 15 is 0 Å². The van der Waals surface area contributed by atoms with Crippen LogP contribution in [0.2, 0.25) is 0 Å². The molecule has 0 aliphatic carbocycles. The zero-order valence-electron chi connectivity index (χ0n) is 13.0. The average molecular weight is 301 g/mol. The van der Waals surface area contributed by atoms with Crippen LogP contribution < -0.4 is 0 Å². The van der Waals surface area contributed by atoms with Crippen LogP contribution in [0.25, 0.3) is 17.2 Å². The molecular weight excluding hydrogens is 284 g/mol. The molecular formula is C15H17BFN3O2. The first-order valence-corrected chi connectivity index (χ1v) is 7.09. The first kappa shape index (κ1) is 15.1. The molecule has 2 aromatic rings. The Balaban J connectivity index is 1.88. The normalized spacial score (nSPS) is 20.6. The van der Waals surface area contributed by atoms with Crippen molar-refractivity contribution in [2.45, 2.75) is 38.9 Å². The van der Waals surface area contributed by atoms with Gasteiger partial charge in [0.1, 0.15) is 11.2 Å². The summed E-state index contributed by atoms with van der Waals surface area (Å²) in [6, 6.07) is 3.43. The minimum absolute atomic E-state index is 0.445. The summed E-state index contributed by atoms with van der Waals surface area (Å²) in [5.41, 5.74) is -0.0979. The summed E-state index contributed by atoms with van der Waals surface area (Å²) in [6.45, 7) is 7.52. The third kappa shape index (κ3) is 2.62. The van der Waals surface area contributed by atoms with Gasteiger partial charge in [0.25, 0.3) is 0 Å². The minimum atomic E-state index is -1.02. The summed E-state index contributed by atoms with van der Waals surface area (Å²) in [5.74, 6) is 0. The third-order valence-corrected chi connectivity index (χ3v) is 4.12. The minimum Gasteiger partial charge on any atom is -0.398 e. The van der Waals surface area contributed by atoms with E-state index < -0.39 is 24.0 Å². The van der Waals surface area contributed by atoms with Gasteiger partial charge in [-0.2, -0.15) is 0 Å². The average Bonchev–Trinajstić information content (AvgIpc) is 2.67. The molecule has 3 heterocycles. The van der Waals surface area contributed by atoms with Crippen LogP contribution in [0.4, 0.5) is 4.39 Å². The van der Waals surface area contributed by atoms with Gasteiger partial charge in [0, 0.05) is 12.4 Å². The van der Waals surface area contributed by atoms with Crippen molar-refractivity contribution in [3.05, 3.63) is 35.9 Å². The summed E-state index contributed by atoms with van der Waals surface area (Å²) in [7, 11) is -1.02. The quantitative estimate of drug-likeness (QED) is 0.798. The van der Waals surface area contributed by atoms with Crippen LogP contribution in [0, 0.1) is 0 Å². The SMILES string of the molecule is CC1(C)OB(C(F)=Cc2ccc3nccnc3n2)OC1(C)C. The molecule has 1 fully saturated rings. The molecule has 0 saturated carbocycles. The third-order valence-electron chi connectivity index (χ3n) is 4.12. The second-order valence-electron chi connectivity index (χ2n) is 6.25. The molecule has 3 rings (SSSR count). The van der Waals surface area contributed by atoms with Crippen molar-refractivity contribution in [2.75, 3.05) is 0 Å². The highest BCUT2D eigenvalue weighted by Crippen LogP contribution is 2.38. The van der Waals surface area contributed by atoms with Gasteiger partial charge in [-0.05, 0) is 45.9 Å². The van der Waals surface area contributed by atoms with Crippen LogP contribution in [0.5, 0.6) is 0 Å². The Bertz CT molecular complexity index is 732. The molecule has 0 N–H and O–H groups in total. The van der Waals surface area contributed by atoms with Gasteiger partial charge in [0.15, 0.2) is 5.65 Å². The molecule has 7 heteroatoms. The Hall–Kier alpha value is -1.86. The Labute approximate surface area is 128 Å². The van der Waals surface area contributed by atoms with E-state index in [2.05, 4.69) is 15.0 Å². The van der Waals surface area contributed by atoms with Crippen LogP contribution in [-0.4, -0.2) is 33.3 Å². The number of fused-ring (bicyclic) bond motifs is 1. The fourth-order valence-corrected chi connectivity index (χ4v) is 2.11. The van der Waals surface area contributed by atoms with Crippen molar-refractivity contribution in [1.29, 1.82) is 0 Å². The van der Waals surface area contributed by atoms with Crippen molar-refractivity contribution in [3.8, 4) is 0 Å². The number of hydrogen-bond acceptors (Lipinski definition) is 5. The number of hydrogen-bond donors (Lipinski definition) is 0. The smallest absolute Gasteiger partial charge is 0.398 e. The Morgan fingerprint density at radius 1 is 1.09 bits per heavy atom. The molecule has 22 heavy (non-hydrogen) atoms. The lowest BCUT2D eigenvalue weighted by molar-refractivity contribution is 0.00578. The zero-order chi connectivity index (χ0) is 16.0. The molecule has 1 saturated heterocycles. The van der Waals surface area contributed by atoms with E-state index in [1.165, 1.54) is 6.08 Å². The summed E-state index contributed by atoms with van der Waals surface area (Å²) >= 11 is 0. The molecule has 1 aliphatic rings. The number of nitrogens with zero attached hydrogens (tertiary/aromatic N) is 3. The molecule has 0 unspecified atom stereocenters. The fourth-order valence-electron chi connectivity index (χ4n) is 2.11. The van der Waals surface area contributed by atoms with Crippen LogP contribution in [0.3, 0.4) is 0 Å². The molecule has 0 radical (unpaired) electrons. The maximum atomic E-state index is 14.4. The highest BCUT2D eigenvalue weighted by Gasteiger charge is 2.53. The lowest BCUT2D eigenvalue weighted by Gasteiger charge is -2.32. The number of halogens is 1.